The molecular weight excluding hydrogens is 392 g/mol. The topological polar surface area (TPSA) is 58.2 Å². The number of hydrogen-bond donors (Lipinski definition) is 2. The molecule has 30 heavy (non-hydrogen) atoms. The highest BCUT2D eigenvalue weighted by atomic mass is 32.1. The Morgan fingerprint density at radius 2 is 1.73 bits per heavy atom. The number of thiophene rings is 1. The van der Waals surface area contributed by atoms with Crippen LogP contribution in [-0.2, 0) is 19.3 Å². The van der Waals surface area contributed by atoms with Crippen LogP contribution in [0.5, 0.6) is 0 Å². The molecule has 1 aromatic heterocycles. The monoisotopic (exact) mass is 418 g/mol. The molecule has 2 amide bonds. The van der Waals surface area contributed by atoms with Gasteiger partial charge in [0.25, 0.3) is 11.8 Å². The first-order valence-electron chi connectivity index (χ1n) is 10.5. The summed E-state index contributed by atoms with van der Waals surface area (Å²) in [4.78, 5) is 27.2. The predicted molar refractivity (Wildman–Crippen MR) is 124 cm³/mol. The lowest BCUT2D eigenvalue weighted by atomic mass is 9.88. The highest BCUT2D eigenvalue weighted by Crippen LogP contribution is 2.40. The summed E-state index contributed by atoms with van der Waals surface area (Å²) in [6.07, 6.45) is 3.83. The fourth-order valence-corrected chi connectivity index (χ4v) is 5.26. The number of amides is 2. The number of fused-ring (bicyclic) bond motifs is 1. The molecule has 0 fully saturated rings. The van der Waals surface area contributed by atoms with Gasteiger partial charge in [-0.15, -0.1) is 11.3 Å². The summed E-state index contributed by atoms with van der Waals surface area (Å²) in [6.45, 7) is 4.34. The predicted octanol–water partition coefficient (Wildman–Crippen LogP) is 5.94. The van der Waals surface area contributed by atoms with Crippen LogP contribution in [0.4, 0.5) is 10.7 Å². The molecule has 1 aliphatic carbocycles. The van der Waals surface area contributed by atoms with Crippen molar-refractivity contribution in [3.63, 3.8) is 0 Å². The van der Waals surface area contributed by atoms with Crippen LogP contribution in [0.1, 0.15) is 57.0 Å². The van der Waals surface area contributed by atoms with Gasteiger partial charge in [0.2, 0.25) is 0 Å². The summed E-state index contributed by atoms with van der Waals surface area (Å²) < 4.78 is 0. The summed E-state index contributed by atoms with van der Waals surface area (Å²) in [6, 6.07) is 17.0. The van der Waals surface area contributed by atoms with Crippen LogP contribution >= 0.6 is 11.3 Å². The third-order valence-corrected chi connectivity index (χ3v) is 6.79. The van der Waals surface area contributed by atoms with Crippen molar-refractivity contribution in [2.75, 3.05) is 10.6 Å². The zero-order valence-corrected chi connectivity index (χ0v) is 18.1. The van der Waals surface area contributed by atoms with E-state index in [1.165, 1.54) is 10.4 Å². The molecule has 0 aliphatic heterocycles. The smallest absolute Gasteiger partial charge is 0.258 e. The molecule has 0 spiro atoms. The quantitative estimate of drug-likeness (QED) is 0.539. The molecule has 154 valence electrons. The molecule has 3 aromatic rings. The van der Waals surface area contributed by atoms with Crippen LogP contribution in [-0.4, -0.2) is 11.8 Å². The molecule has 0 bridgehead atoms. The lowest BCUT2D eigenvalue weighted by molar-refractivity contribution is 0.102. The summed E-state index contributed by atoms with van der Waals surface area (Å²) in [7, 11) is 0. The Morgan fingerprint density at radius 1 is 1.00 bits per heavy atom. The summed E-state index contributed by atoms with van der Waals surface area (Å²) in [5, 5.41) is 6.67. The van der Waals surface area contributed by atoms with E-state index in [2.05, 4.69) is 24.5 Å². The molecule has 1 atom stereocenters. The molecule has 0 saturated carbocycles. The van der Waals surface area contributed by atoms with Crippen molar-refractivity contribution in [3.8, 4) is 0 Å². The third-order valence-electron chi connectivity index (χ3n) is 5.62. The molecule has 0 radical (unpaired) electrons. The standard InChI is InChI=1S/C25H26N2O2S/c1-3-17-10-12-19(13-11-17)26-24(29)22-20-14-9-16(2)15-21(20)30-25(22)27-23(28)18-7-5-4-6-8-18/h4-8,10-13,16H,3,9,14-15H2,1-2H3,(H,26,29)(H,27,28). The largest absolute Gasteiger partial charge is 0.322 e. The normalized spacial score (nSPS) is 15.3. The van der Waals surface area contributed by atoms with E-state index < -0.39 is 0 Å². The number of carbonyl (C=O) groups excluding carboxylic acids is 2. The maximum Gasteiger partial charge on any atom is 0.258 e. The molecule has 2 aromatic carbocycles. The molecule has 1 unspecified atom stereocenters. The molecule has 0 saturated heterocycles. The number of hydrogen-bond acceptors (Lipinski definition) is 3. The first-order chi connectivity index (χ1) is 14.5. The highest BCUT2D eigenvalue weighted by Gasteiger charge is 2.28. The Morgan fingerprint density at radius 3 is 2.43 bits per heavy atom. The van der Waals surface area contributed by atoms with Crippen molar-refractivity contribution < 1.29 is 9.59 Å². The van der Waals surface area contributed by atoms with Gasteiger partial charge in [-0.2, -0.15) is 0 Å². The number of rotatable bonds is 5. The minimum atomic E-state index is -0.191. The van der Waals surface area contributed by atoms with Crippen molar-refractivity contribution in [1.29, 1.82) is 0 Å². The van der Waals surface area contributed by atoms with Crippen LogP contribution in [0.15, 0.2) is 54.6 Å². The van der Waals surface area contributed by atoms with Crippen molar-refractivity contribution in [3.05, 3.63) is 81.7 Å². The second kappa shape index (κ2) is 8.84. The van der Waals surface area contributed by atoms with E-state index in [9.17, 15) is 9.59 Å². The van der Waals surface area contributed by atoms with Crippen LogP contribution in [0, 0.1) is 5.92 Å². The van der Waals surface area contributed by atoms with Crippen molar-refractivity contribution in [2.24, 2.45) is 5.92 Å². The van der Waals surface area contributed by atoms with Gasteiger partial charge in [-0.25, -0.2) is 0 Å². The van der Waals surface area contributed by atoms with E-state index in [0.29, 0.717) is 22.0 Å². The van der Waals surface area contributed by atoms with Crippen LogP contribution in [0.2, 0.25) is 0 Å². The van der Waals surface area contributed by atoms with E-state index in [0.717, 1.165) is 36.9 Å². The highest BCUT2D eigenvalue weighted by molar-refractivity contribution is 7.17. The number of nitrogens with one attached hydrogen (secondary N) is 2. The molecule has 5 heteroatoms. The first kappa shape index (κ1) is 20.4. The van der Waals surface area contributed by atoms with E-state index in [-0.39, 0.29) is 11.8 Å². The lowest BCUT2D eigenvalue weighted by Gasteiger charge is -2.18. The summed E-state index contributed by atoms with van der Waals surface area (Å²) in [5.41, 5.74) is 4.28. The average molecular weight is 419 g/mol. The van der Waals surface area contributed by atoms with E-state index >= 15 is 0 Å². The van der Waals surface area contributed by atoms with Crippen LogP contribution in [0.25, 0.3) is 0 Å². The Bertz CT molecular complexity index is 1050. The average Bonchev–Trinajstić information content (AvgIpc) is 3.11. The molecule has 4 rings (SSSR count). The number of benzene rings is 2. The second-order valence-electron chi connectivity index (χ2n) is 7.88. The first-order valence-corrected chi connectivity index (χ1v) is 11.3. The summed E-state index contributed by atoms with van der Waals surface area (Å²) in [5.74, 6) is 0.240. The zero-order valence-electron chi connectivity index (χ0n) is 17.3. The van der Waals surface area contributed by atoms with Gasteiger partial charge in [0.05, 0.1) is 5.56 Å². The van der Waals surface area contributed by atoms with E-state index in [4.69, 9.17) is 0 Å². The van der Waals surface area contributed by atoms with Gasteiger partial charge >= 0.3 is 0 Å². The van der Waals surface area contributed by atoms with E-state index in [1.54, 1.807) is 23.5 Å². The fourth-order valence-electron chi connectivity index (χ4n) is 3.86. The van der Waals surface area contributed by atoms with Gasteiger partial charge in [0.1, 0.15) is 5.00 Å². The van der Waals surface area contributed by atoms with Gasteiger partial charge in [0, 0.05) is 16.1 Å². The molecule has 1 heterocycles. The van der Waals surface area contributed by atoms with Crippen molar-refractivity contribution in [2.45, 2.75) is 39.5 Å². The molecule has 4 nitrogen and oxygen atoms in total. The Hall–Kier alpha value is -2.92. The SMILES string of the molecule is CCc1ccc(NC(=O)c2c(NC(=O)c3ccccc3)sc3c2CCC(C)C3)cc1. The van der Waals surface area contributed by atoms with Crippen molar-refractivity contribution >= 4 is 33.8 Å². The summed E-state index contributed by atoms with van der Waals surface area (Å²) >= 11 is 1.54. The fraction of sp³-hybridized carbons (Fsp3) is 0.280. The van der Waals surface area contributed by atoms with Gasteiger partial charge < -0.3 is 10.6 Å². The Balaban J connectivity index is 1.64. The minimum Gasteiger partial charge on any atom is -0.322 e. The molecule has 1 aliphatic rings. The van der Waals surface area contributed by atoms with Gasteiger partial charge in [-0.05, 0) is 67.0 Å². The number of anilines is 2. The Labute approximate surface area is 181 Å². The third kappa shape index (κ3) is 4.31. The minimum absolute atomic E-state index is 0.158. The second-order valence-corrected chi connectivity index (χ2v) is 8.99. The maximum absolute atomic E-state index is 13.3. The molecule has 2 N–H and O–H groups in total. The Kier molecular flexibility index (Phi) is 6.00. The maximum atomic E-state index is 13.3. The zero-order chi connectivity index (χ0) is 21.1. The van der Waals surface area contributed by atoms with Crippen LogP contribution in [0.3, 0.4) is 0 Å². The van der Waals surface area contributed by atoms with Gasteiger partial charge in [-0.1, -0.05) is 44.2 Å². The lowest BCUT2D eigenvalue weighted by Crippen LogP contribution is -2.19. The number of carbonyl (C=O) groups is 2. The number of aryl methyl sites for hydroxylation is 1. The van der Waals surface area contributed by atoms with Gasteiger partial charge in [-0.3, -0.25) is 9.59 Å². The van der Waals surface area contributed by atoms with Crippen molar-refractivity contribution in [1.82, 2.24) is 0 Å². The molecular formula is C25H26N2O2S. The van der Waals surface area contributed by atoms with Crippen LogP contribution < -0.4 is 10.6 Å². The van der Waals surface area contributed by atoms with E-state index in [1.807, 2.05) is 42.5 Å². The van der Waals surface area contributed by atoms with Gasteiger partial charge in [0.15, 0.2) is 0 Å².